The number of likely N-dealkylation sites (N-methyl/N-ethyl adjacent to an activating group) is 1. The minimum atomic E-state index is -0.281. The van der Waals surface area contributed by atoms with Crippen molar-refractivity contribution in [3.63, 3.8) is 0 Å². The fraction of sp³-hybridized carbons (Fsp3) is 0.500. The molecule has 1 aromatic heterocycles. The fourth-order valence-corrected chi connectivity index (χ4v) is 1.28. The highest BCUT2D eigenvalue weighted by Gasteiger charge is 2.27. The van der Waals surface area contributed by atoms with E-state index < -0.39 is 0 Å². The lowest BCUT2D eigenvalue weighted by Gasteiger charge is -2.07. The van der Waals surface area contributed by atoms with Gasteiger partial charge in [-0.1, -0.05) is 5.16 Å². The van der Waals surface area contributed by atoms with Crippen molar-refractivity contribution in [2.45, 2.75) is 6.10 Å². The number of nitrogens with zero attached hydrogens (tertiary/aromatic N) is 2. The molecule has 1 aromatic rings. The summed E-state index contributed by atoms with van der Waals surface area (Å²) in [6.07, 6.45) is 1.08. The van der Waals surface area contributed by atoms with E-state index in [1.165, 1.54) is 11.2 Å². The standard InChI is InChI=1S/C8H11N3O3/c1-11-5-6(14-8(11)12)4-9-7-2-3-13-10-7/h2-3,6H,4-5H2,1H3,(H,9,10). The second kappa shape index (κ2) is 3.57. The van der Waals surface area contributed by atoms with Gasteiger partial charge in [0.2, 0.25) is 0 Å². The van der Waals surface area contributed by atoms with Gasteiger partial charge in [-0.15, -0.1) is 0 Å². The van der Waals surface area contributed by atoms with Crippen molar-refractivity contribution in [2.24, 2.45) is 0 Å². The van der Waals surface area contributed by atoms with E-state index in [1.54, 1.807) is 13.1 Å². The van der Waals surface area contributed by atoms with Crippen molar-refractivity contribution in [3.05, 3.63) is 12.3 Å². The van der Waals surface area contributed by atoms with Gasteiger partial charge in [0.1, 0.15) is 12.4 Å². The minimum Gasteiger partial charge on any atom is -0.442 e. The van der Waals surface area contributed by atoms with Gasteiger partial charge in [-0.25, -0.2) is 4.79 Å². The number of amides is 1. The van der Waals surface area contributed by atoms with Crippen LogP contribution in [0.1, 0.15) is 0 Å². The molecular formula is C8H11N3O3. The topological polar surface area (TPSA) is 67.6 Å². The van der Waals surface area contributed by atoms with E-state index in [0.29, 0.717) is 18.9 Å². The van der Waals surface area contributed by atoms with E-state index in [2.05, 4.69) is 15.0 Å². The normalized spacial score (nSPS) is 21.1. The van der Waals surface area contributed by atoms with Crippen molar-refractivity contribution < 1.29 is 14.1 Å². The molecule has 1 fully saturated rings. The Morgan fingerprint density at radius 2 is 2.64 bits per heavy atom. The molecule has 1 N–H and O–H groups in total. The van der Waals surface area contributed by atoms with Crippen LogP contribution in [0.3, 0.4) is 0 Å². The average Bonchev–Trinajstić information content (AvgIpc) is 2.74. The first-order valence-electron chi connectivity index (χ1n) is 4.31. The molecule has 0 radical (unpaired) electrons. The van der Waals surface area contributed by atoms with Crippen LogP contribution >= 0.6 is 0 Å². The molecule has 14 heavy (non-hydrogen) atoms. The molecule has 0 aromatic carbocycles. The van der Waals surface area contributed by atoms with Crippen LogP contribution in [0.15, 0.2) is 16.9 Å². The van der Waals surface area contributed by atoms with Crippen LogP contribution in [0, 0.1) is 0 Å². The zero-order valence-electron chi connectivity index (χ0n) is 7.77. The van der Waals surface area contributed by atoms with Crippen molar-refractivity contribution in [1.29, 1.82) is 0 Å². The number of hydrogen-bond donors (Lipinski definition) is 1. The maximum absolute atomic E-state index is 11.0. The Balaban J connectivity index is 1.80. The SMILES string of the molecule is CN1CC(CNc2ccon2)OC1=O. The monoisotopic (exact) mass is 197 g/mol. The van der Waals surface area contributed by atoms with Crippen LogP contribution in [-0.2, 0) is 4.74 Å². The maximum atomic E-state index is 11.0. The van der Waals surface area contributed by atoms with Gasteiger partial charge in [0, 0.05) is 13.1 Å². The van der Waals surface area contributed by atoms with Crippen molar-refractivity contribution in [3.8, 4) is 0 Å². The van der Waals surface area contributed by atoms with Crippen molar-refractivity contribution >= 4 is 11.9 Å². The Bertz CT molecular complexity index is 312. The highest BCUT2D eigenvalue weighted by atomic mass is 16.6. The smallest absolute Gasteiger partial charge is 0.410 e. The van der Waals surface area contributed by atoms with E-state index in [4.69, 9.17) is 4.74 Å². The van der Waals surface area contributed by atoms with E-state index in [1.807, 2.05) is 0 Å². The number of nitrogens with one attached hydrogen (secondary N) is 1. The molecule has 1 aliphatic heterocycles. The van der Waals surface area contributed by atoms with Gasteiger partial charge in [0.05, 0.1) is 13.1 Å². The predicted molar refractivity (Wildman–Crippen MR) is 47.9 cm³/mol. The predicted octanol–water partition coefficient (Wildman–Crippen LogP) is 0.537. The average molecular weight is 197 g/mol. The number of hydrogen-bond acceptors (Lipinski definition) is 5. The third-order valence-corrected chi connectivity index (χ3v) is 2.01. The summed E-state index contributed by atoms with van der Waals surface area (Å²) < 4.78 is 9.68. The summed E-state index contributed by atoms with van der Waals surface area (Å²) >= 11 is 0. The van der Waals surface area contributed by atoms with Gasteiger partial charge in [-0.2, -0.15) is 0 Å². The lowest BCUT2D eigenvalue weighted by molar-refractivity contribution is 0.138. The highest BCUT2D eigenvalue weighted by molar-refractivity contribution is 5.69. The second-order valence-electron chi connectivity index (χ2n) is 3.15. The van der Waals surface area contributed by atoms with Gasteiger partial charge in [-0.3, -0.25) is 0 Å². The molecule has 1 saturated heterocycles. The third-order valence-electron chi connectivity index (χ3n) is 2.01. The number of rotatable bonds is 3. The maximum Gasteiger partial charge on any atom is 0.410 e. The van der Waals surface area contributed by atoms with Crippen LogP contribution in [0.25, 0.3) is 0 Å². The Hall–Kier alpha value is -1.72. The quantitative estimate of drug-likeness (QED) is 0.765. The summed E-state index contributed by atoms with van der Waals surface area (Å²) in [5.74, 6) is 0.649. The molecule has 1 aliphatic rings. The summed E-state index contributed by atoms with van der Waals surface area (Å²) in [6, 6.07) is 1.71. The Morgan fingerprint density at radius 3 is 3.21 bits per heavy atom. The third kappa shape index (κ3) is 1.78. The van der Waals surface area contributed by atoms with Crippen molar-refractivity contribution in [2.75, 3.05) is 25.5 Å². The van der Waals surface area contributed by atoms with E-state index in [0.717, 1.165) is 0 Å². The van der Waals surface area contributed by atoms with Gasteiger partial charge in [-0.05, 0) is 0 Å². The Morgan fingerprint density at radius 1 is 1.79 bits per heavy atom. The van der Waals surface area contributed by atoms with Gasteiger partial charge < -0.3 is 19.5 Å². The molecule has 1 unspecified atom stereocenters. The fourth-order valence-electron chi connectivity index (χ4n) is 1.28. The first kappa shape index (κ1) is 8.86. The summed E-state index contributed by atoms with van der Waals surface area (Å²) in [7, 11) is 1.71. The molecule has 0 bridgehead atoms. The number of aromatic nitrogens is 1. The number of cyclic esters (lactones) is 1. The molecule has 1 amide bonds. The van der Waals surface area contributed by atoms with Crippen LogP contribution in [-0.4, -0.2) is 42.4 Å². The zero-order chi connectivity index (χ0) is 9.97. The summed E-state index contributed by atoms with van der Waals surface area (Å²) in [5, 5.41) is 6.67. The number of anilines is 1. The molecular weight excluding hydrogens is 186 g/mol. The summed E-state index contributed by atoms with van der Waals surface area (Å²) in [6.45, 7) is 1.15. The molecule has 6 nitrogen and oxygen atoms in total. The molecule has 76 valence electrons. The lowest BCUT2D eigenvalue weighted by atomic mass is 10.3. The van der Waals surface area contributed by atoms with Crippen LogP contribution < -0.4 is 5.32 Å². The van der Waals surface area contributed by atoms with Gasteiger partial charge in [0.15, 0.2) is 5.82 Å². The Kier molecular flexibility index (Phi) is 2.26. The van der Waals surface area contributed by atoms with E-state index in [9.17, 15) is 4.79 Å². The summed E-state index contributed by atoms with van der Waals surface area (Å²) in [5.41, 5.74) is 0. The highest BCUT2D eigenvalue weighted by Crippen LogP contribution is 2.09. The summed E-state index contributed by atoms with van der Waals surface area (Å²) in [4.78, 5) is 12.5. The minimum absolute atomic E-state index is 0.121. The van der Waals surface area contributed by atoms with Crippen LogP contribution in [0.5, 0.6) is 0 Å². The second-order valence-corrected chi connectivity index (χ2v) is 3.15. The Labute approximate surface area is 80.8 Å². The van der Waals surface area contributed by atoms with E-state index >= 15 is 0 Å². The molecule has 2 heterocycles. The number of carbonyl (C=O) groups is 1. The molecule has 0 aliphatic carbocycles. The molecule has 0 saturated carbocycles. The number of carbonyl (C=O) groups excluding carboxylic acids is 1. The largest absolute Gasteiger partial charge is 0.442 e. The lowest BCUT2D eigenvalue weighted by Crippen LogP contribution is -2.24. The molecule has 2 rings (SSSR count). The molecule has 1 atom stereocenters. The first-order chi connectivity index (χ1) is 6.75. The first-order valence-corrected chi connectivity index (χ1v) is 4.31. The van der Waals surface area contributed by atoms with Crippen molar-refractivity contribution in [1.82, 2.24) is 10.1 Å². The van der Waals surface area contributed by atoms with Gasteiger partial charge in [0.25, 0.3) is 0 Å². The number of ether oxygens (including phenoxy) is 1. The van der Waals surface area contributed by atoms with Crippen LogP contribution in [0.2, 0.25) is 0 Å². The van der Waals surface area contributed by atoms with E-state index in [-0.39, 0.29) is 12.2 Å². The van der Waals surface area contributed by atoms with Crippen LogP contribution in [0.4, 0.5) is 10.6 Å². The zero-order valence-corrected chi connectivity index (χ0v) is 7.77. The molecule has 6 heteroatoms. The van der Waals surface area contributed by atoms with Gasteiger partial charge >= 0.3 is 6.09 Å². The molecule has 0 spiro atoms.